The maximum absolute atomic E-state index is 12.7. The van der Waals surface area contributed by atoms with Crippen molar-refractivity contribution in [3.63, 3.8) is 0 Å². The molecule has 1 atom stereocenters. The number of nitrogens with one attached hydrogen (secondary N) is 1. The predicted molar refractivity (Wildman–Crippen MR) is 85.9 cm³/mol. The Labute approximate surface area is 143 Å². The molecule has 3 heterocycles. The molecule has 3 aliphatic rings. The summed E-state index contributed by atoms with van der Waals surface area (Å²) < 4.78 is 0. The molecule has 0 aromatic heterocycles. The largest absolute Gasteiger partial charge is 0.396 e. The van der Waals surface area contributed by atoms with Crippen LogP contribution >= 0.6 is 0 Å². The molecule has 2 N–H and O–H groups in total. The molecule has 2 saturated heterocycles. The number of fused-ring (bicyclic) bond motifs is 1. The van der Waals surface area contributed by atoms with E-state index in [-0.39, 0.29) is 36.5 Å². The van der Waals surface area contributed by atoms with Crippen LogP contribution in [0.5, 0.6) is 0 Å². The number of piperidine rings is 1. The summed E-state index contributed by atoms with van der Waals surface area (Å²) in [5, 5.41) is 11.3. The molecule has 4 rings (SSSR count). The van der Waals surface area contributed by atoms with Crippen molar-refractivity contribution in [3.8, 4) is 0 Å². The van der Waals surface area contributed by atoms with E-state index in [9.17, 15) is 19.2 Å². The lowest BCUT2D eigenvalue weighted by Gasteiger charge is -2.40. The normalized spacial score (nSPS) is 23.6. The van der Waals surface area contributed by atoms with Gasteiger partial charge in [0.15, 0.2) is 0 Å². The monoisotopic (exact) mass is 343 g/mol. The van der Waals surface area contributed by atoms with Gasteiger partial charge in [0.2, 0.25) is 11.8 Å². The van der Waals surface area contributed by atoms with Gasteiger partial charge in [-0.2, -0.15) is 0 Å². The Kier molecular flexibility index (Phi) is 3.57. The van der Waals surface area contributed by atoms with E-state index in [1.807, 2.05) is 4.90 Å². The van der Waals surface area contributed by atoms with Gasteiger partial charge in [-0.25, -0.2) is 0 Å². The first-order chi connectivity index (χ1) is 12.0. The minimum atomic E-state index is -0.948. The van der Waals surface area contributed by atoms with E-state index in [0.717, 1.165) is 10.6 Å². The van der Waals surface area contributed by atoms with E-state index < -0.39 is 29.7 Å². The quantitative estimate of drug-likeness (QED) is 0.718. The molecule has 8 heteroatoms. The SMILES string of the molecule is O=C1CCC(N2C(=O)c3ccc(N4CC(CO)C4)cc3C2=O)C(=O)N1. The van der Waals surface area contributed by atoms with Crippen LogP contribution < -0.4 is 10.2 Å². The molecule has 1 aromatic carbocycles. The third kappa shape index (κ3) is 2.41. The highest BCUT2D eigenvalue weighted by molar-refractivity contribution is 6.23. The summed E-state index contributed by atoms with van der Waals surface area (Å²) in [5.41, 5.74) is 1.37. The molecule has 4 amide bonds. The summed E-state index contributed by atoms with van der Waals surface area (Å²) in [4.78, 5) is 51.6. The van der Waals surface area contributed by atoms with Crippen molar-refractivity contribution in [1.29, 1.82) is 0 Å². The second kappa shape index (κ2) is 5.66. The van der Waals surface area contributed by atoms with Crippen molar-refractivity contribution in [1.82, 2.24) is 10.2 Å². The van der Waals surface area contributed by atoms with Crippen LogP contribution in [0, 0.1) is 5.92 Å². The van der Waals surface area contributed by atoms with Crippen LogP contribution in [0.4, 0.5) is 5.69 Å². The molecule has 1 unspecified atom stereocenters. The van der Waals surface area contributed by atoms with Crippen molar-refractivity contribution >= 4 is 29.3 Å². The third-order valence-electron chi connectivity index (χ3n) is 5.00. The molecule has 8 nitrogen and oxygen atoms in total. The van der Waals surface area contributed by atoms with Crippen LogP contribution in [0.25, 0.3) is 0 Å². The lowest BCUT2D eigenvalue weighted by Crippen LogP contribution is -2.54. The highest BCUT2D eigenvalue weighted by Crippen LogP contribution is 2.32. The zero-order chi connectivity index (χ0) is 17.7. The number of imide groups is 2. The first-order valence-corrected chi connectivity index (χ1v) is 8.21. The van der Waals surface area contributed by atoms with Crippen LogP contribution in [0.1, 0.15) is 33.6 Å². The van der Waals surface area contributed by atoms with Crippen LogP contribution in [0.15, 0.2) is 18.2 Å². The predicted octanol–water partition coefficient (Wildman–Crippen LogP) is -0.484. The molecule has 130 valence electrons. The fourth-order valence-corrected chi connectivity index (χ4v) is 3.55. The van der Waals surface area contributed by atoms with E-state index in [4.69, 9.17) is 5.11 Å². The van der Waals surface area contributed by atoms with Crippen molar-refractivity contribution in [2.24, 2.45) is 5.92 Å². The standard InChI is InChI=1S/C17H17N3O5/c21-8-9-6-19(7-9)10-1-2-11-12(5-10)17(25)20(16(11)24)13-3-4-14(22)18-15(13)23/h1-2,5,9,13,21H,3-4,6-8H2,(H,18,22,23). The highest BCUT2D eigenvalue weighted by atomic mass is 16.3. The van der Waals surface area contributed by atoms with Crippen molar-refractivity contribution in [2.75, 3.05) is 24.6 Å². The van der Waals surface area contributed by atoms with Gasteiger partial charge in [-0.05, 0) is 24.6 Å². The Morgan fingerprint density at radius 3 is 2.48 bits per heavy atom. The Morgan fingerprint density at radius 2 is 1.80 bits per heavy atom. The minimum Gasteiger partial charge on any atom is -0.396 e. The number of aliphatic hydroxyl groups is 1. The fraction of sp³-hybridized carbons (Fsp3) is 0.412. The van der Waals surface area contributed by atoms with Gasteiger partial charge in [0.05, 0.1) is 11.1 Å². The molecule has 0 bridgehead atoms. The zero-order valence-corrected chi connectivity index (χ0v) is 13.4. The number of carbonyl (C=O) groups excluding carboxylic acids is 4. The van der Waals surface area contributed by atoms with Gasteiger partial charge in [-0.3, -0.25) is 29.4 Å². The molecule has 2 fully saturated rings. The number of benzene rings is 1. The topological polar surface area (TPSA) is 107 Å². The van der Waals surface area contributed by atoms with Crippen molar-refractivity contribution in [3.05, 3.63) is 29.3 Å². The molecule has 0 aliphatic carbocycles. The fourth-order valence-electron chi connectivity index (χ4n) is 3.55. The van der Waals surface area contributed by atoms with Gasteiger partial charge in [-0.15, -0.1) is 0 Å². The first-order valence-electron chi connectivity index (χ1n) is 8.21. The van der Waals surface area contributed by atoms with E-state index in [1.54, 1.807) is 18.2 Å². The molecule has 25 heavy (non-hydrogen) atoms. The van der Waals surface area contributed by atoms with Gasteiger partial charge in [-0.1, -0.05) is 0 Å². The number of anilines is 1. The van der Waals surface area contributed by atoms with Crippen LogP contribution in [0.3, 0.4) is 0 Å². The second-order valence-corrected chi connectivity index (χ2v) is 6.63. The molecule has 3 aliphatic heterocycles. The molecule has 1 aromatic rings. The average molecular weight is 343 g/mol. The molecular weight excluding hydrogens is 326 g/mol. The number of rotatable bonds is 3. The Bertz CT molecular complexity index is 799. The van der Waals surface area contributed by atoms with Crippen molar-refractivity contribution < 1.29 is 24.3 Å². The lowest BCUT2D eigenvalue weighted by molar-refractivity contribution is -0.136. The van der Waals surface area contributed by atoms with Gasteiger partial charge >= 0.3 is 0 Å². The summed E-state index contributed by atoms with van der Waals surface area (Å²) in [5.74, 6) is -1.78. The first kappa shape index (κ1) is 15.8. The Hall–Kier alpha value is -2.74. The van der Waals surface area contributed by atoms with Gasteiger partial charge < -0.3 is 10.0 Å². The number of hydrogen-bond acceptors (Lipinski definition) is 6. The van der Waals surface area contributed by atoms with Gasteiger partial charge in [0, 0.05) is 37.7 Å². The number of hydrogen-bond donors (Lipinski definition) is 2. The average Bonchev–Trinajstić information content (AvgIpc) is 2.78. The smallest absolute Gasteiger partial charge is 0.262 e. The maximum atomic E-state index is 12.7. The van der Waals surface area contributed by atoms with Gasteiger partial charge in [0.1, 0.15) is 6.04 Å². The summed E-state index contributed by atoms with van der Waals surface area (Å²) >= 11 is 0. The van der Waals surface area contributed by atoms with E-state index in [0.29, 0.717) is 13.1 Å². The third-order valence-corrected chi connectivity index (χ3v) is 5.00. The minimum absolute atomic E-state index is 0.103. The summed E-state index contributed by atoms with van der Waals surface area (Å²) in [6.45, 7) is 1.53. The Balaban J connectivity index is 1.59. The van der Waals surface area contributed by atoms with Crippen LogP contribution in [0.2, 0.25) is 0 Å². The molecule has 0 radical (unpaired) electrons. The van der Waals surface area contributed by atoms with E-state index in [2.05, 4.69) is 5.32 Å². The number of carbonyl (C=O) groups is 4. The summed E-state index contributed by atoms with van der Waals surface area (Å²) in [7, 11) is 0. The number of nitrogens with zero attached hydrogens (tertiary/aromatic N) is 2. The van der Waals surface area contributed by atoms with Crippen molar-refractivity contribution in [2.45, 2.75) is 18.9 Å². The van der Waals surface area contributed by atoms with Gasteiger partial charge in [0.25, 0.3) is 11.8 Å². The number of aliphatic hydroxyl groups excluding tert-OH is 1. The van der Waals surface area contributed by atoms with E-state index in [1.165, 1.54) is 0 Å². The molecule has 0 saturated carbocycles. The van der Waals surface area contributed by atoms with Crippen LogP contribution in [-0.4, -0.2) is 59.4 Å². The molecular formula is C17H17N3O5. The highest BCUT2D eigenvalue weighted by Gasteiger charge is 2.44. The second-order valence-electron chi connectivity index (χ2n) is 6.63. The maximum Gasteiger partial charge on any atom is 0.262 e. The zero-order valence-electron chi connectivity index (χ0n) is 13.4. The number of amides is 4. The Morgan fingerprint density at radius 1 is 1.08 bits per heavy atom. The lowest BCUT2D eigenvalue weighted by atomic mass is 9.99. The summed E-state index contributed by atoms with van der Waals surface area (Å²) in [6.07, 6.45) is 0.249. The molecule has 0 spiro atoms. The van der Waals surface area contributed by atoms with E-state index >= 15 is 0 Å². The summed E-state index contributed by atoms with van der Waals surface area (Å²) in [6, 6.07) is 4.08. The van der Waals surface area contributed by atoms with Crippen LogP contribution in [-0.2, 0) is 9.59 Å².